The van der Waals surface area contributed by atoms with Gasteiger partial charge in [0.25, 0.3) is 0 Å². The summed E-state index contributed by atoms with van der Waals surface area (Å²) >= 11 is 0. The Morgan fingerprint density at radius 3 is 2.48 bits per heavy atom. The van der Waals surface area contributed by atoms with Gasteiger partial charge < -0.3 is 14.7 Å². The summed E-state index contributed by atoms with van der Waals surface area (Å²) in [6.07, 6.45) is 2.38. The molecule has 7 nitrogen and oxygen atoms in total. The molecule has 1 unspecified atom stereocenters. The lowest BCUT2D eigenvalue weighted by Crippen LogP contribution is -2.40. The van der Waals surface area contributed by atoms with E-state index >= 15 is 0 Å². The first-order valence-corrected chi connectivity index (χ1v) is 9.95. The average Bonchev–Trinajstić information content (AvgIpc) is 3.48. The van der Waals surface area contributed by atoms with E-state index in [-0.39, 0.29) is 18.1 Å². The summed E-state index contributed by atoms with van der Waals surface area (Å²) in [7, 11) is 1.45. The van der Waals surface area contributed by atoms with Gasteiger partial charge in [-0.25, -0.2) is 9.97 Å². The van der Waals surface area contributed by atoms with Crippen molar-refractivity contribution in [3.63, 3.8) is 0 Å². The molecule has 2 atom stereocenters. The number of nitrogens with one attached hydrogen (secondary N) is 2. The van der Waals surface area contributed by atoms with Crippen LogP contribution in [0.5, 0.6) is 0 Å². The molecule has 1 aliphatic rings. The molecule has 2 aromatic heterocycles. The summed E-state index contributed by atoms with van der Waals surface area (Å²) in [5.74, 6) is 1.54. The molecule has 2 aromatic carbocycles. The first kappa shape index (κ1) is 17.9. The second-order valence-electron chi connectivity index (χ2n) is 7.48. The molecule has 7 heteroatoms. The number of aromatic nitrogens is 4. The van der Waals surface area contributed by atoms with E-state index in [9.17, 15) is 4.79 Å². The van der Waals surface area contributed by atoms with Crippen LogP contribution < -0.4 is 0 Å². The smallest absolute Gasteiger partial charge is 0.323 e. The van der Waals surface area contributed by atoms with E-state index < -0.39 is 0 Å². The number of H-pyrrole nitrogens is 2. The van der Waals surface area contributed by atoms with Crippen molar-refractivity contribution >= 4 is 28.0 Å². The van der Waals surface area contributed by atoms with Gasteiger partial charge in [-0.2, -0.15) is 0 Å². The minimum absolute atomic E-state index is 0.102. The molecule has 148 valence electrons. The number of ether oxygens (including phenoxy) is 1. The number of methoxy groups -OCH3 is 1. The predicted octanol–water partition coefficient (Wildman–Crippen LogP) is 3.36. The SMILES string of the molecule is COC(=O)[C@@H]1CCCN1C(Cc1nc2ccccc2[nH]1)c1nc2ccccc2[nH]1. The van der Waals surface area contributed by atoms with Crippen molar-refractivity contribution in [2.45, 2.75) is 31.3 Å². The van der Waals surface area contributed by atoms with Gasteiger partial charge in [-0.15, -0.1) is 0 Å². The third-order valence-electron chi connectivity index (χ3n) is 5.72. The van der Waals surface area contributed by atoms with Crippen molar-refractivity contribution in [3.05, 3.63) is 60.2 Å². The zero-order valence-electron chi connectivity index (χ0n) is 16.3. The van der Waals surface area contributed by atoms with E-state index in [1.54, 1.807) is 0 Å². The molecule has 0 radical (unpaired) electrons. The van der Waals surface area contributed by atoms with E-state index in [0.29, 0.717) is 6.42 Å². The van der Waals surface area contributed by atoms with E-state index in [0.717, 1.165) is 53.1 Å². The number of carbonyl (C=O) groups excluding carboxylic acids is 1. The lowest BCUT2D eigenvalue weighted by atomic mass is 10.1. The summed E-state index contributed by atoms with van der Waals surface area (Å²) in [6, 6.07) is 15.6. The normalized spacial score (nSPS) is 18.4. The molecule has 2 N–H and O–H groups in total. The molecule has 0 aliphatic carbocycles. The fraction of sp³-hybridized carbons (Fsp3) is 0.318. The molecule has 0 amide bonds. The molecule has 0 saturated carbocycles. The van der Waals surface area contributed by atoms with Crippen LogP contribution in [0.1, 0.15) is 30.5 Å². The Labute approximate surface area is 168 Å². The number of esters is 1. The summed E-state index contributed by atoms with van der Waals surface area (Å²) in [6.45, 7) is 0.821. The van der Waals surface area contributed by atoms with Crippen molar-refractivity contribution < 1.29 is 9.53 Å². The maximum atomic E-state index is 12.4. The topological polar surface area (TPSA) is 86.9 Å². The van der Waals surface area contributed by atoms with Crippen LogP contribution in [-0.4, -0.2) is 50.5 Å². The minimum Gasteiger partial charge on any atom is -0.468 e. The monoisotopic (exact) mass is 389 g/mol. The largest absolute Gasteiger partial charge is 0.468 e. The third kappa shape index (κ3) is 3.27. The molecule has 1 aliphatic heterocycles. The Kier molecular flexibility index (Phi) is 4.52. The maximum absolute atomic E-state index is 12.4. The van der Waals surface area contributed by atoms with Crippen LogP contribution in [0, 0.1) is 0 Å². The number of benzene rings is 2. The Morgan fingerprint density at radius 2 is 1.79 bits per heavy atom. The van der Waals surface area contributed by atoms with Gasteiger partial charge in [0.15, 0.2) is 0 Å². The summed E-state index contributed by atoms with van der Waals surface area (Å²) in [5.41, 5.74) is 3.87. The third-order valence-corrected chi connectivity index (χ3v) is 5.72. The quantitative estimate of drug-likeness (QED) is 0.511. The first-order chi connectivity index (χ1) is 14.2. The zero-order chi connectivity index (χ0) is 19.8. The van der Waals surface area contributed by atoms with Gasteiger partial charge in [-0.3, -0.25) is 9.69 Å². The predicted molar refractivity (Wildman–Crippen MR) is 110 cm³/mol. The number of carbonyl (C=O) groups is 1. The standard InChI is InChI=1S/C22H23N5O2/c1-29-22(28)18-11-6-12-27(18)19(21-25-16-9-4-5-10-17(16)26-21)13-20-23-14-7-2-3-8-15(14)24-20/h2-5,7-10,18-19H,6,11-13H2,1H3,(H,23,24)(H,25,26)/t18-,19?/m0/s1. The molecular weight excluding hydrogens is 366 g/mol. The fourth-order valence-electron chi connectivity index (χ4n) is 4.34. The molecule has 5 rings (SSSR count). The number of imidazole rings is 2. The van der Waals surface area contributed by atoms with Crippen LogP contribution in [0.3, 0.4) is 0 Å². The zero-order valence-corrected chi connectivity index (χ0v) is 16.3. The van der Waals surface area contributed by atoms with Crippen LogP contribution in [0.4, 0.5) is 0 Å². The Hall–Kier alpha value is -3.19. The highest BCUT2D eigenvalue weighted by molar-refractivity contribution is 5.77. The number of para-hydroxylation sites is 4. The lowest BCUT2D eigenvalue weighted by molar-refractivity contribution is -0.146. The number of nitrogens with zero attached hydrogens (tertiary/aromatic N) is 3. The number of likely N-dealkylation sites (tertiary alicyclic amines) is 1. The molecule has 1 fully saturated rings. The van der Waals surface area contributed by atoms with Crippen molar-refractivity contribution in [2.24, 2.45) is 0 Å². The van der Waals surface area contributed by atoms with Crippen LogP contribution in [0.2, 0.25) is 0 Å². The lowest BCUT2D eigenvalue weighted by Gasteiger charge is -2.30. The molecule has 29 heavy (non-hydrogen) atoms. The summed E-state index contributed by atoms with van der Waals surface area (Å²) in [4.78, 5) is 31.1. The van der Waals surface area contributed by atoms with Crippen LogP contribution in [0.25, 0.3) is 22.1 Å². The summed E-state index contributed by atoms with van der Waals surface area (Å²) < 4.78 is 5.07. The Bertz CT molecular complexity index is 1100. The van der Waals surface area contributed by atoms with Crippen LogP contribution in [0.15, 0.2) is 48.5 Å². The average molecular weight is 389 g/mol. The second kappa shape index (κ2) is 7.33. The van der Waals surface area contributed by atoms with Gasteiger partial charge in [0, 0.05) is 6.42 Å². The number of hydrogen-bond acceptors (Lipinski definition) is 5. The molecule has 1 saturated heterocycles. The molecule has 0 bridgehead atoms. The number of rotatable bonds is 5. The molecular formula is C22H23N5O2. The summed E-state index contributed by atoms with van der Waals surface area (Å²) in [5, 5.41) is 0. The Balaban J connectivity index is 1.55. The van der Waals surface area contributed by atoms with Crippen molar-refractivity contribution in [1.82, 2.24) is 24.8 Å². The van der Waals surface area contributed by atoms with E-state index in [1.807, 2.05) is 48.5 Å². The highest BCUT2D eigenvalue weighted by Crippen LogP contribution is 2.32. The highest BCUT2D eigenvalue weighted by atomic mass is 16.5. The van der Waals surface area contributed by atoms with Gasteiger partial charge in [-0.05, 0) is 43.7 Å². The van der Waals surface area contributed by atoms with E-state index in [4.69, 9.17) is 14.7 Å². The first-order valence-electron chi connectivity index (χ1n) is 9.95. The number of hydrogen-bond donors (Lipinski definition) is 2. The van der Waals surface area contributed by atoms with E-state index in [2.05, 4.69) is 14.9 Å². The van der Waals surface area contributed by atoms with E-state index in [1.165, 1.54) is 7.11 Å². The number of aromatic amines is 2. The van der Waals surface area contributed by atoms with Gasteiger partial charge in [0.1, 0.15) is 17.7 Å². The number of fused-ring (bicyclic) bond motifs is 2. The highest BCUT2D eigenvalue weighted by Gasteiger charge is 2.38. The van der Waals surface area contributed by atoms with Gasteiger partial charge >= 0.3 is 5.97 Å². The van der Waals surface area contributed by atoms with Crippen molar-refractivity contribution in [2.75, 3.05) is 13.7 Å². The van der Waals surface area contributed by atoms with Gasteiger partial charge in [-0.1, -0.05) is 24.3 Å². The van der Waals surface area contributed by atoms with Crippen molar-refractivity contribution in [3.8, 4) is 0 Å². The van der Waals surface area contributed by atoms with Gasteiger partial charge in [0.05, 0.1) is 35.2 Å². The minimum atomic E-state index is -0.261. The van der Waals surface area contributed by atoms with Gasteiger partial charge in [0.2, 0.25) is 0 Å². The van der Waals surface area contributed by atoms with Crippen LogP contribution >= 0.6 is 0 Å². The van der Waals surface area contributed by atoms with Crippen molar-refractivity contribution in [1.29, 1.82) is 0 Å². The van der Waals surface area contributed by atoms with Crippen LogP contribution in [-0.2, 0) is 16.0 Å². The molecule has 0 spiro atoms. The molecule has 3 heterocycles. The fourth-order valence-corrected chi connectivity index (χ4v) is 4.34. The molecule has 4 aromatic rings. The second-order valence-corrected chi connectivity index (χ2v) is 7.48. The maximum Gasteiger partial charge on any atom is 0.323 e. The Morgan fingerprint density at radius 1 is 1.10 bits per heavy atom.